The van der Waals surface area contributed by atoms with Crippen molar-refractivity contribution in [2.45, 2.75) is 348 Å². The fourth-order valence-corrected chi connectivity index (χ4v) is 9.85. The van der Waals surface area contributed by atoms with Gasteiger partial charge in [0.25, 0.3) is 0 Å². The fourth-order valence-electron chi connectivity index (χ4n) is 9.85. The van der Waals surface area contributed by atoms with Gasteiger partial charge < -0.3 is 14.2 Å². The Morgan fingerprint density at radius 3 is 0.765 bits per heavy atom. The molecule has 0 saturated carbocycles. The topological polar surface area (TPSA) is 78.9 Å². The van der Waals surface area contributed by atoms with E-state index < -0.39 is 6.10 Å². The molecule has 0 fully saturated rings. The lowest BCUT2D eigenvalue weighted by atomic mass is 10.1. The first kappa shape index (κ1) is 77.3. The lowest BCUT2D eigenvalue weighted by molar-refractivity contribution is -0.167. The molecule has 0 heterocycles. The van der Waals surface area contributed by atoms with E-state index >= 15 is 0 Å². The zero-order valence-electron chi connectivity index (χ0n) is 53.5. The van der Waals surface area contributed by atoms with Crippen LogP contribution >= 0.6 is 0 Å². The molecule has 0 aliphatic heterocycles. The van der Waals surface area contributed by atoms with Gasteiger partial charge in [0.1, 0.15) is 13.2 Å². The molecule has 0 radical (unpaired) electrons. The second-order valence-electron chi connectivity index (χ2n) is 23.1. The average molecular weight is 1130 g/mol. The second-order valence-corrected chi connectivity index (χ2v) is 23.1. The quantitative estimate of drug-likeness (QED) is 0.0261. The zero-order valence-corrected chi connectivity index (χ0v) is 53.5. The summed E-state index contributed by atoms with van der Waals surface area (Å²) in [5.41, 5.74) is 0. The van der Waals surface area contributed by atoms with Gasteiger partial charge in [-0.1, -0.05) is 298 Å². The summed E-state index contributed by atoms with van der Waals surface area (Å²) in [6, 6.07) is 0. The van der Waals surface area contributed by atoms with Gasteiger partial charge in [0, 0.05) is 19.3 Å². The van der Waals surface area contributed by atoms with Gasteiger partial charge in [0.15, 0.2) is 6.10 Å². The third-order valence-electron chi connectivity index (χ3n) is 15.0. The maximum Gasteiger partial charge on any atom is 0.306 e. The first-order valence-corrected chi connectivity index (χ1v) is 34.7. The number of carbonyl (C=O) groups is 3. The lowest BCUT2D eigenvalue weighted by Gasteiger charge is -2.18. The molecule has 0 aliphatic rings. The number of hydrogen-bond donors (Lipinski definition) is 0. The van der Waals surface area contributed by atoms with Gasteiger partial charge in [-0.3, -0.25) is 14.4 Å². The first-order chi connectivity index (χ1) is 40.0. The number of esters is 3. The Labute approximate surface area is 502 Å². The summed E-state index contributed by atoms with van der Waals surface area (Å²) in [6.07, 6.45) is 92.7. The monoisotopic (exact) mass is 1130 g/mol. The van der Waals surface area contributed by atoms with Crippen LogP contribution in [0.1, 0.15) is 342 Å². The molecule has 0 rings (SSSR count). The van der Waals surface area contributed by atoms with Crippen LogP contribution in [-0.2, 0) is 28.6 Å². The minimum atomic E-state index is -0.792. The number of hydrogen-bond acceptors (Lipinski definition) is 6. The van der Waals surface area contributed by atoms with Crippen LogP contribution in [0.3, 0.4) is 0 Å². The molecule has 1 atom stereocenters. The van der Waals surface area contributed by atoms with Crippen LogP contribution in [0.4, 0.5) is 0 Å². The summed E-state index contributed by atoms with van der Waals surface area (Å²) in [5, 5.41) is 0. The molecule has 0 aromatic rings. The van der Waals surface area contributed by atoms with E-state index in [1.807, 2.05) is 0 Å². The molecule has 1 unspecified atom stereocenters. The molecule has 0 amide bonds. The summed E-state index contributed by atoms with van der Waals surface area (Å²) in [5.74, 6) is -0.896. The molecule has 0 aliphatic carbocycles. The van der Waals surface area contributed by atoms with Crippen molar-refractivity contribution in [2.75, 3.05) is 13.2 Å². The van der Waals surface area contributed by atoms with Crippen LogP contribution in [0.2, 0.25) is 0 Å². The molecular formula is C75H130O6. The van der Waals surface area contributed by atoms with Crippen molar-refractivity contribution in [3.05, 3.63) is 97.2 Å². The molecule has 0 aromatic carbocycles. The van der Waals surface area contributed by atoms with Crippen molar-refractivity contribution in [1.82, 2.24) is 0 Å². The van der Waals surface area contributed by atoms with E-state index in [2.05, 4.69) is 118 Å². The molecule has 6 nitrogen and oxygen atoms in total. The van der Waals surface area contributed by atoms with Gasteiger partial charge in [0.2, 0.25) is 0 Å². The standard InChI is InChI=1S/C75H130O6/c1-4-7-10-13-16-19-22-25-28-31-34-37-40-43-46-49-52-55-58-61-64-67-73(76)79-70-72(81-75(78)69-66-63-60-57-54-51-48-45-42-39-36-33-30-27-24-21-18-15-12-9-6-3)71-80-74(77)68-65-62-59-56-53-50-47-44-41-38-35-32-29-26-23-20-17-14-11-8-5-2/h7,10,16,19,24-25,27-28,32-37,43,46,72H,4-6,8-9,11-15,17-18,20-23,26,29-31,38-42,44-45,47-71H2,1-3H3/b10-7-,19-16-,27-24-,28-25-,35-32-,36-33-,37-34-,46-43-. The van der Waals surface area contributed by atoms with E-state index in [1.165, 1.54) is 186 Å². The number of allylic oxidation sites excluding steroid dienone is 16. The van der Waals surface area contributed by atoms with Crippen LogP contribution in [0.5, 0.6) is 0 Å². The molecule has 81 heavy (non-hydrogen) atoms. The van der Waals surface area contributed by atoms with Crippen LogP contribution in [0, 0.1) is 0 Å². The van der Waals surface area contributed by atoms with Crippen molar-refractivity contribution >= 4 is 17.9 Å². The summed E-state index contributed by atoms with van der Waals surface area (Å²) in [6.45, 7) is 6.54. The summed E-state index contributed by atoms with van der Waals surface area (Å²) < 4.78 is 17.0. The van der Waals surface area contributed by atoms with E-state index in [0.717, 1.165) is 116 Å². The molecule has 0 bridgehead atoms. The summed E-state index contributed by atoms with van der Waals surface area (Å²) in [7, 11) is 0. The van der Waals surface area contributed by atoms with Crippen molar-refractivity contribution < 1.29 is 28.6 Å². The minimum Gasteiger partial charge on any atom is -0.462 e. The second kappa shape index (κ2) is 68.8. The highest BCUT2D eigenvalue weighted by atomic mass is 16.6. The molecule has 0 saturated heterocycles. The van der Waals surface area contributed by atoms with E-state index in [9.17, 15) is 14.4 Å². The predicted octanol–water partition coefficient (Wildman–Crippen LogP) is 24.0. The minimum absolute atomic E-state index is 0.0856. The largest absolute Gasteiger partial charge is 0.462 e. The number of rotatable bonds is 63. The maximum absolute atomic E-state index is 13.0. The molecule has 0 N–H and O–H groups in total. The third-order valence-corrected chi connectivity index (χ3v) is 15.0. The highest BCUT2D eigenvalue weighted by Gasteiger charge is 2.19. The van der Waals surface area contributed by atoms with E-state index in [4.69, 9.17) is 14.2 Å². The Morgan fingerprint density at radius 1 is 0.259 bits per heavy atom. The van der Waals surface area contributed by atoms with Crippen molar-refractivity contribution in [1.29, 1.82) is 0 Å². The third kappa shape index (κ3) is 67.0. The Hall–Kier alpha value is -3.67. The molecular weight excluding hydrogens is 997 g/mol. The van der Waals surface area contributed by atoms with Crippen LogP contribution in [0.15, 0.2) is 97.2 Å². The number of unbranched alkanes of at least 4 members (excludes halogenated alkanes) is 36. The Bertz CT molecular complexity index is 1580. The molecule has 466 valence electrons. The molecule has 0 spiro atoms. The van der Waals surface area contributed by atoms with Crippen LogP contribution in [0.25, 0.3) is 0 Å². The van der Waals surface area contributed by atoms with E-state index in [-0.39, 0.29) is 31.1 Å². The van der Waals surface area contributed by atoms with Crippen molar-refractivity contribution in [3.63, 3.8) is 0 Å². The van der Waals surface area contributed by atoms with Gasteiger partial charge in [-0.25, -0.2) is 0 Å². The Kier molecular flexibility index (Phi) is 65.7. The Morgan fingerprint density at radius 2 is 0.481 bits per heavy atom. The Balaban J connectivity index is 4.42. The first-order valence-electron chi connectivity index (χ1n) is 34.7. The van der Waals surface area contributed by atoms with Gasteiger partial charge in [0.05, 0.1) is 0 Å². The number of carbonyl (C=O) groups excluding carboxylic acids is 3. The van der Waals surface area contributed by atoms with Crippen molar-refractivity contribution in [2.24, 2.45) is 0 Å². The molecule has 0 aromatic heterocycles. The van der Waals surface area contributed by atoms with Crippen LogP contribution in [-0.4, -0.2) is 37.2 Å². The number of ether oxygens (including phenoxy) is 3. The van der Waals surface area contributed by atoms with Gasteiger partial charge in [-0.05, 0) is 122 Å². The average Bonchev–Trinajstić information content (AvgIpc) is 3.47. The highest BCUT2D eigenvalue weighted by molar-refractivity contribution is 5.71. The van der Waals surface area contributed by atoms with E-state index in [1.54, 1.807) is 0 Å². The van der Waals surface area contributed by atoms with Crippen LogP contribution < -0.4 is 0 Å². The SMILES string of the molecule is CC/C=C\C/C=C\C/C=C\C/C=C\C/C=C\CCCCCCCC(=O)OCC(COC(=O)CCCCCCCCCCC/C=C\CCCCCCCCCC)OC(=O)CCCCCCCCCCC/C=C\C/C=C\CCCCCCC. The lowest BCUT2D eigenvalue weighted by Crippen LogP contribution is -2.30. The van der Waals surface area contributed by atoms with Gasteiger partial charge in [-0.15, -0.1) is 0 Å². The normalized spacial score (nSPS) is 12.7. The summed E-state index contributed by atoms with van der Waals surface area (Å²) >= 11 is 0. The highest BCUT2D eigenvalue weighted by Crippen LogP contribution is 2.16. The fraction of sp³-hybridized carbons (Fsp3) is 0.747. The van der Waals surface area contributed by atoms with E-state index in [0.29, 0.717) is 19.3 Å². The smallest absolute Gasteiger partial charge is 0.306 e. The summed E-state index contributed by atoms with van der Waals surface area (Å²) in [4.78, 5) is 38.5. The zero-order chi connectivity index (χ0) is 58.5. The van der Waals surface area contributed by atoms with Crippen molar-refractivity contribution in [3.8, 4) is 0 Å². The van der Waals surface area contributed by atoms with Gasteiger partial charge >= 0.3 is 17.9 Å². The predicted molar refractivity (Wildman–Crippen MR) is 353 cm³/mol. The maximum atomic E-state index is 13.0. The van der Waals surface area contributed by atoms with Gasteiger partial charge in [-0.2, -0.15) is 0 Å². The molecule has 6 heteroatoms.